The first-order valence-electron chi connectivity index (χ1n) is 10.2. The van der Waals surface area contributed by atoms with Crippen LogP contribution in [0.4, 0.5) is 0 Å². The molecule has 154 valence electrons. The van der Waals surface area contributed by atoms with Gasteiger partial charge in [0.2, 0.25) is 0 Å². The lowest BCUT2D eigenvalue weighted by atomic mass is 9.97. The van der Waals surface area contributed by atoms with Crippen LogP contribution in [0.1, 0.15) is 37.1 Å². The molecule has 0 unspecified atom stereocenters. The molecule has 2 heterocycles. The summed E-state index contributed by atoms with van der Waals surface area (Å²) < 4.78 is 13.1. The van der Waals surface area contributed by atoms with Crippen molar-refractivity contribution in [2.75, 3.05) is 19.0 Å². The summed E-state index contributed by atoms with van der Waals surface area (Å²) in [6, 6.07) is 7.65. The number of aromatic nitrogens is 2. The van der Waals surface area contributed by atoms with Crippen LogP contribution < -0.4 is 15.0 Å². The van der Waals surface area contributed by atoms with Crippen LogP contribution in [0.15, 0.2) is 34.2 Å². The molecule has 0 spiro atoms. The Morgan fingerprint density at radius 1 is 1.10 bits per heavy atom. The molecule has 1 aliphatic carbocycles. The molecule has 0 bridgehead atoms. The van der Waals surface area contributed by atoms with Crippen LogP contribution in [0.3, 0.4) is 0 Å². The molecule has 7 heteroatoms. The molecule has 2 aromatic heterocycles. The summed E-state index contributed by atoms with van der Waals surface area (Å²) in [7, 11) is 0. The summed E-state index contributed by atoms with van der Waals surface area (Å²) >= 11 is 3.29. The Bertz CT molecular complexity index is 1040. The van der Waals surface area contributed by atoms with Gasteiger partial charge < -0.3 is 9.47 Å². The first-order valence-corrected chi connectivity index (χ1v) is 12.0. The lowest BCUT2D eigenvalue weighted by molar-refractivity contribution is 0.332. The number of thioether (sulfide) groups is 1. The minimum Gasteiger partial charge on any atom is -0.494 e. The molecule has 0 saturated heterocycles. The second-order valence-electron chi connectivity index (χ2n) is 6.94. The summed E-state index contributed by atoms with van der Waals surface area (Å²) in [5.74, 6) is 2.39. The summed E-state index contributed by atoms with van der Waals surface area (Å²) in [5, 5.41) is 1.65. The van der Waals surface area contributed by atoms with Gasteiger partial charge in [0.1, 0.15) is 16.3 Å². The van der Waals surface area contributed by atoms with E-state index in [0.717, 1.165) is 45.5 Å². The fourth-order valence-electron chi connectivity index (χ4n) is 3.70. The largest absolute Gasteiger partial charge is 0.494 e. The van der Waals surface area contributed by atoms with Crippen LogP contribution in [0, 0.1) is 0 Å². The fourth-order valence-corrected chi connectivity index (χ4v) is 5.88. The smallest absolute Gasteiger partial charge is 0.263 e. The van der Waals surface area contributed by atoms with Crippen molar-refractivity contribution in [3.05, 3.63) is 45.1 Å². The normalized spacial score (nSPS) is 13.4. The highest BCUT2D eigenvalue weighted by Crippen LogP contribution is 2.34. The Kier molecular flexibility index (Phi) is 6.45. The van der Waals surface area contributed by atoms with Gasteiger partial charge in [-0.1, -0.05) is 11.8 Å². The number of hydrogen-bond donors (Lipinski definition) is 0. The van der Waals surface area contributed by atoms with Crippen molar-refractivity contribution in [1.29, 1.82) is 0 Å². The van der Waals surface area contributed by atoms with Gasteiger partial charge in [-0.25, -0.2) is 4.98 Å². The van der Waals surface area contributed by atoms with Gasteiger partial charge in [-0.2, -0.15) is 0 Å². The van der Waals surface area contributed by atoms with Crippen LogP contribution in [-0.4, -0.2) is 28.5 Å². The fraction of sp³-hybridized carbons (Fsp3) is 0.455. The number of hydrogen-bond acceptors (Lipinski definition) is 6. The number of aryl methyl sites for hydroxylation is 2. The molecule has 0 saturated carbocycles. The van der Waals surface area contributed by atoms with Crippen molar-refractivity contribution in [2.45, 2.75) is 51.2 Å². The summed E-state index contributed by atoms with van der Waals surface area (Å²) in [5.41, 5.74) is 1.37. The van der Waals surface area contributed by atoms with Crippen LogP contribution in [-0.2, 0) is 19.4 Å². The van der Waals surface area contributed by atoms with E-state index in [9.17, 15) is 4.79 Å². The summed E-state index contributed by atoms with van der Waals surface area (Å²) in [4.78, 5) is 20.3. The van der Waals surface area contributed by atoms with Crippen LogP contribution >= 0.6 is 23.1 Å². The highest BCUT2D eigenvalue weighted by molar-refractivity contribution is 7.99. The van der Waals surface area contributed by atoms with Gasteiger partial charge in [0.25, 0.3) is 5.56 Å². The number of benzene rings is 1. The molecular formula is C22H26N2O3S2. The van der Waals surface area contributed by atoms with Crippen molar-refractivity contribution in [2.24, 2.45) is 0 Å². The van der Waals surface area contributed by atoms with Crippen molar-refractivity contribution in [3.63, 3.8) is 0 Å². The van der Waals surface area contributed by atoms with Gasteiger partial charge in [-0.3, -0.25) is 9.36 Å². The second-order valence-corrected chi connectivity index (χ2v) is 9.08. The number of ether oxygens (including phenoxy) is 2. The third-order valence-corrected chi connectivity index (χ3v) is 7.20. The maximum absolute atomic E-state index is 13.1. The molecule has 0 radical (unpaired) electrons. The lowest BCUT2D eigenvalue weighted by Gasteiger charge is -2.12. The minimum absolute atomic E-state index is 0.117. The molecule has 1 aliphatic rings. The predicted molar refractivity (Wildman–Crippen MR) is 120 cm³/mol. The molecular weight excluding hydrogens is 404 g/mol. The molecule has 1 aromatic carbocycles. The van der Waals surface area contributed by atoms with Gasteiger partial charge in [-0.15, -0.1) is 11.3 Å². The van der Waals surface area contributed by atoms with Crippen LogP contribution in [0.5, 0.6) is 11.5 Å². The highest BCUT2D eigenvalue weighted by atomic mass is 32.2. The minimum atomic E-state index is 0.117. The van der Waals surface area contributed by atoms with Crippen molar-refractivity contribution in [1.82, 2.24) is 9.55 Å². The molecule has 0 amide bonds. The van der Waals surface area contributed by atoms with Crippen molar-refractivity contribution < 1.29 is 9.47 Å². The number of rotatable bonds is 8. The van der Waals surface area contributed by atoms with E-state index in [1.807, 2.05) is 42.7 Å². The Hall–Kier alpha value is -1.99. The third-order valence-electron chi connectivity index (χ3n) is 5.07. The molecule has 0 atom stereocenters. The number of thiophene rings is 1. The van der Waals surface area contributed by atoms with E-state index in [0.29, 0.717) is 19.8 Å². The maximum Gasteiger partial charge on any atom is 0.263 e. The lowest BCUT2D eigenvalue weighted by Crippen LogP contribution is -2.23. The van der Waals surface area contributed by atoms with Crippen molar-refractivity contribution in [3.8, 4) is 11.5 Å². The van der Waals surface area contributed by atoms with Gasteiger partial charge in [0, 0.05) is 17.2 Å². The number of fused-ring (bicyclic) bond motifs is 3. The van der Waals surface area contributed by atoms with Gasteiger partial charge in [-0.05, 0) is 69.4 Å². The molecule has 0 N–H and O–H groups in total. The summed E-state index contributed by atoms with van der Waals surface area (Å²) in [6.45, 7) is 5.81. The van der Waals surface area contributed by atoms with Gasteiger partial charge >= 0.3 is 0 Å². The average molecular weight is 431 g/mol. The van der Waals surface area contributed by atoms with E-state index in [1.165, 1.54) is 23.3 Å². The van der Waals surface area contributed by atoms with Crippen LogP contribution in [0.2, 0.25) is 0 Å². The standard InChI is InChI=1S/C22H26N2O3S2/c1-3-24-21(25)19-17-7-5-6-8-18(17)29-20(19)23-22(24)28-14-13-27-16-11-9-15(10-12-16)26-4-2/h9-12H,3-8,13-14H2,1-2H3. The zero-order valence-corrected chi connectivity index (χ0v) is 18.5. The Balaban J connectivity index is 1.45. The average Bonchev–Trinajstić information content (AvgIpc) is 3.11. The topological polar surface area (TPSA) is 53.4 Å². The highest BCUT2D eigenvalue weighted by Gasteiger charge is 2.21. The van der Waals surface area contributed by atoms with E-state index >= 15 is 0 Å². The third kappa shape index (κ3) is 4.31. The Morgan fingerprint density at radius 2 is 1.83 bits per heavy atom. The Morgan fingerprint density at radius 3 is 2.55 bits per heavy atom. The molecule has 4 rings (SSSR count). The predicted octanol–water partition coefficient (Wildman–Crippen LogP) is 4.93. The van der Waals surface area contributed by atoms with E-state index in [1.54, 1.807) is 23.1 Å². The second kappa shape index (κ2) is 9.22. The summed E-state index contributed by atoms with van der Waals surface area (Å²) in [6.07, 6.45) is 4.48. The van der Waals surface area contributed by atoms with E-state index in [4.69, 9.17) is 14.5 Å². The molecule has 0 fully saturated rings. The molecule has 0 aliphatic heterocycles. The zero-order chi connectivity index (χ0) is 20.2. The molecule has 3 aromatic rings. The SMILES string of the molecule is CCOc1ccc(OCCSc2nc3sc4c(c3c(=O)n2CC)CCCC4)cc1. The first-order chi connectivity index (χ1) is 14.2. The van der Waals surface area contributed by atoms with Gasteiger partial charge in [0.05, 0.1) is 18.6 Å². The number of nitrogens with zero attached hydrogens (tertiary/aromatic N) is 2. The molecule has 29 heavy (non-hydrogen) atoms. The quantitative estimate of drug-likeness (QED) is 0.288. The van der Waals surface area contributed by atoms with E-state index in [-0.39, 0.29) is 5.56 Å². The Labute approximate surface area is 179 Å². The van der Waals surface area contributed by atoms with E-state index in [2.05, 4.69) is 0 Å². The van der Waals surface area contributed by atoms with Gasteiger partial charge in [0.15, 0.2) is 5.16 Å². The molecule has 5 nitrogen and oxygen atoms in total. The maximum atomic E-state index is 13.1. The first kappa shape index (κ1) is 20.3. The zero-order valence-electron chi connectivity index (χ0n) is 16.9. The van der Waals surface area contributed by atoms with Crippen molar-refractivity contribution >= 4 is 33.3 Å². The monoisotopic (exact) mass is 430 g/mol. The van der Waals surface area contributed by atoms with Crippen LogP contribution in [0.25, 0.3) is 10.2 Å². The van der Waals surface area contributed by atoms with E-state index < -0.39 is 0 Å².